The van der Waals surface area contributed by atoms with Crippen LogP contribution in [0.1, 0.15) is 44.2 Å². The molecule has 2 amide bonds. The Balaban J connectivity index is 2.11. The molecule has 0 radical (unpaired) electrons. The van der Waals surface area contributed by atoms with Gasteiger partial charge in [0.1, 0.15) is 6.04 Å². The molecule has 2 aromatic carbocycles. The van der Waals surface area contributed by atoms with E-state index in [0.29, 0.717) is 31.0 Å². The first kappa shape index (κ1) is 23.4. The monoisotopic (exact) mass is 478 g/mol. The summed E-state index contributed by atoms with van der Waals surface area (Å²) in [4.78, 5) is 27.3. The van der Waals surface area contributed by atoms with Gasteiger partial charge in [0.15, 0.2) is 0 Å². The predicted octanol–water partition coefficient (Wildman–Crippen LogP) is 5.37. The average molecular weight is 480 g/mol. The van der Waals surface area contributed by atoms with E-state index in [1.807, 2.05) is 48.5 Å². The van der Waals surface area contributed by atoms with Crippen LogP contribution in [0.5, 0.6) is 0 Å². The van der Waals surface area contributed by atoms with E-state index < -0.39 is 6.04 Å². The van der Waals surface area contributed by atoms with E-state index in [9.17, 15) is 9.59 Å². The quantitative estimate of drug-likeness (QED) is 0.466. The molecule has 0 aliphatic heterocycles. The van der Waals surface area contributed by atoms with E-state index in [4.69, 9.17) is 11.6 Å². The first-order valence-corrected chi connectivity index (χ1v) is 11.1. The van der Waals surface area contributed by atoms with Gasteiger partial charge in [-0.1, -0.05) is 71.2 Å². The summed E-state index contributed by atoms with van der Waals surface area (Å²) in [6.45, 7) is 4.87. The number of aryl methyl sites for hydroxylation is 1. The van der Waals surface area contributed by atoms with Crippen LogP contribution < -0.4 is 5.32 Å². The second-order valence-corrected chi connectivity index (χ2v) is 8.38. The summed E-state index contributed by atoms with van der Waals surface area (Å²) >= 11 is 9.65. The summed E-state index contributed by atoms with van der Waals surface area (Å²) in [5, 5.41) is 3.59. The SMILES string of the molecule is CCCCNC(=O)C(C)N(Cc1ccc(Br)cc1)C(=O)CCc1ccccc1Cl. The third-order valence-corrected chi connectivity index (χ3v) is 5.73. The van der Waals surface area contributed by atoms with Crippen LogP contribution in [-0.4, -0.2) is 29.3 Å². The second kappa shape index (κ2) is 12.0. The minimum Gasteiger partial charge on any atom is -0.354 e. The van der Waals surface area contributed by atoms with Crippen molar-refractivity contribution in [1.29, 1.82) is 0 Å². The average Bonchev–Trinajstić information content (AvgIpc) is 2.72. The minimum absolute atomic E-state index is 0.0639. The molecule has 0 saturated carbocycles. The van der Waals surface area contributed by atoms with Gasteiger partial charge >= 0.3 is 0 Å². The van der Waals surface area contributed by atoms with Crippen molar-refractivity contribution in [3.63, 3.8) is 0 Å². The van der Waals surface area contributed by atoms with E-state index >= 15 is 0 Å². The summed E-state index contributed by atoms with van der Waals surface area (Å²) in [7, 11) is 0. The van der Waals surface area contributed by atoms with E-state index in [0.717, 1.165) is 28.4 Å². The number of nitrogens with zero attached hydrogens (tertiary/aromatic N) is 1. The topological polar surface area (TPSA) is 49.4 Å². The van der Waals surface area contributed by atoms with Crippen molar-refractivity contribution in [2.24, 2.45) is 0 Å². The number of benzene rings is 2. The predicted molar refractivity (Wildman–Crippen MR) is 122 cm³/mol. The van der Waals surface area contributed by atoms with E-state index in [1.54, 1.807) is 11.8 Å². The molecule has 0 fully saturated rings. The van der Waals surface area contributed by atoms with Gasteiger partial charge in [0.2, 0.25) is 11.8 Å². The smallest absolute Gasteiger partial charge is 0.242 e. The standard InChI is InChI=1S/C23H28BrClN2O2/c1-3-4-15-26-23(29)17(2)27(16-18-9-12-20(24)13-10-18)22(28)14-11-19-7-5-6-8-21(19)25/h5-10,12-13,17H,3-4,11,14-16H2,1-2H3,(H,26,29). The van der Waals surface area contributed by atoms with Gasteiger partial charge in [0.05, 0.1) is 0 Å². The number of rotatable bonds is 10. The number of amides is 2. The van der Waals surface area contributed by atoms with Gasteiger partial charge in [-0.05, 0) is 49.1 Å². The van der Waals surface area contributed by atoms with Crippen LogP contribution >= 0.6 is 27.5 Å². The van der Waals surface area contributed by atoms with Gasteiger partial charge in [-0.25, -0.2) is 0 Å². The fourth-order valence-corrected chi connectivity index (χ4v) is 3.49. The lowest BCUT2D eigenvalue weighted by molar-refractivity contribution is -0.140. The Bertz CT molecular complexity index is 811. The van der Waals surface area contributed by atoms with Crippen LogP contribution in [0.25, 0.3) is 0 Å². The van der Waals surface area contributed by atoms with Crippen molar-refractivity contribution < 1.29 is 9.59 Å². The van der Waals surface area contributed by atoms with Gasteiger partial charge in [-0.2, -0.15) is 0 Å². The zero-order valence-electron chi connectivity index (χ0n) is 17.0. The third-order valence-electron chi connectivity index (χ3n) is 4.83. The molecule has 2 rings (SSSR count). The van der Waals surface area contributed by atoms with Crippen molar-refractivity contribution in [2.75, 3.05) is 6.54 Å². The Morgan fingerprint density at radius 2 is 1.83 bits per heavy atom. The number of hydrogen-bond donors (Lipinski definition) is 1. The Labute approximate surface area is 186 Å². The van der Waals surface area contributed by atoms with Crippen molar-refractivity contribution in [2.45, 2.75) is 52.1 Å². The van der Waals surface area contributed by atoms with Crippen LogP contribution in [0.4, 0.5) is 0 Å². The van der Waals surface area contributed by atoms with Crippen molar-refractivity contribution >= 4 is 39.3 Å². The highest BCUT2D eigenvalue weighted by atomic mass is 79.9. The van der Waals surface area contributed by atoms with Crippen LogP contribution in [0.15, 0.2) is 53.0 Å². The molecule has 2 aromatic rings. The lowest BCUT2D eigenvalue weighted by atomic mass is 10.1. The van der Waals surface area contributed by atoms with Crippen molar-refractivity contribution in [1.82, 2.24) is 10.2 Å². The first-order chi connectivity index (χ1) is 13.9. The largest absolute Gasteiger partial charge is 0.354 e. The molecular formula is C23H28BrClN2O2. The van der Waals surface area contributed by atoms with Gasteiger partial charge in [0, 0.05) is 29.0 Å². The maximum atomic E-state index is 13.1. The molecule has 0 bridgehead atoms. The fraction of sp³-hybridized carbons (Fsp3) is 0.391. The number of halogens is 2. The van der Waals surface area contributed by atoms with E-state index in [-0.39, 0.29) is 11.8 Å². The molecule has 0 aliphatic carbocycles. The molecular weight excluding hydrogens is 452 g/mol. The Morgan fingerprint density at radius 1 is 1.14 bits per heavy atom. The highest BCUT2D eigenvalue weighted by molar-refractivity contribution is 9.10. The number of carbonyl (C=O) groups excluding carboxylic acids is 2. The zero-order valence-corrected chi connectivity index (χ0v) is 19.3. The van der Waals surface area contributed by atoms with Crippen molar-refractivity contribution in [3.8, 4) is 0 Å². The van der Waals surface area contributed by atoms with Crippen LogP contribution in [0.2, 0.25) is 5.02 Å². The van der Waals surface area contributed by atoms with E-state index in [1.165, 1.54) is 0 Å². The zero-order chi connectivity index (χ0) is 21.2. The lowest BCUT2D eigenvalue weighted by Gasteiger charge is -2.29. The van der Waals surface area contributed by atoms with Crippen LogP contribution in [0, 0.1) is 0 Å². The molecule has 156 valence electrons. The molecule has 4 nitrogen and oxygen atoms in total. The molecule has 1 N–H and O–H groups in total. The highest BCUT2D eigenvalue weighted by Gasteiger charge is 2.25. The molecule has 1 unspecified atom stereocenters. The van der Waals surface area contributed by atoms with Crippen LogP contribution in [-0.2, 0) is 22.6 Å². The van der Waals surface area contributed by atoms with Crippen molar-refractivity contribution in [3.05, 3.63) is 69.2 Å². The van der Waals surface area contributed by atoms with Gasteiger partial charge in [0.25, 0.3) is 0 Å². The number of nitrogens with one attached hydrogen (secondary N) is 1. The molecule has 29 heavy (non-hydrogen) atoms. The summed E-state index contributed by atoms with van der Waals surface area (Å²) in [5.74, 6) is -0.187. The lowest BCUT2D eigenvalue weighted by Crippen LogP contribution is -2.47. The summed E-state index contributed by atoms with van der Waals surface area (Å²) in [6.07, 6.45) is 2.77. The van der Waals surface area contributed by atoms with Gasteiger partial charge in [-0.3, -0.25) is 9.59 Å². The molecule has 0 aromatic heterocycles. The molecule has 1 atom stereocenters. The molecule has 0 spiro atoms. The number of carbonyl (C=O) groups is 2. The Morgan fingerprint density at radius 3 is 2.48 bits per heavy atom. The molecule has 0 heterocycles. The summed E-state index contributed by atoms with van der Waals surface area (Å²) in [6, 6.07) is 14.8. The fourth-order valence-electron chi connectivity index (χ4n) is 2.99. The van der Waals surface area contributed by atoms with Gasteiger partial charge in [-0.15, -0.1) is 0 Å². The Hall–Kier alpha value is -1.85. The maximum Gasteiger partial charge on any atom is 0.242 e. The molecule has 0 aliphatic rings. The minimum atomic E-state index is -0.547. The third kappa shape index (κ3) is 7.48. The molecule has 0 saturated heterocycles. The normalized spacial score (nSPS) is 11.7. The Kier molecular flexibility index (Phi) is 9.68. The van der Waals surface area contributed by atoms with E-state index in [2.05, 4.69) is 28.2 Å². The van der Waals surface area contributed by atoms with Crippen LogP contribution in [0.3, 0.4) is 0 Å². The summed E-state index contributed by atoms with van der Waals surface area (Å²) < 4.78 is 0.975. The highest BCUT2D eigenvalue weighted by Crippen LogP contribution is 2.19. The molecule has 6 heteroatoms. The summed E-state index contributed by atoms with van der Waals surface area (Å²) in [5.41, 5.74) is 1.92. The van der Waals surface area contributed by atoms with Gasteiger partial charge < -0.3 is 10.2 Å². The number of unbranched alkanes of at least 4 members (excludes halogenated alkanes) is 1. The first-order valence-electron chi connectivity index (χ1n) is 9.97. The maximum absolute atomic E-state index is 13.1. The number of hydrogen-bond acceptors (Lipinski definition) is 2. The second-order valence-electron chi connectivity index (χ2n) is 7.06.